The highest BCUT2D eigenvalue weighted by molar-refractivity contribution is 5.67. The molecule has 2 atom stereocenters. The number of hydrogen-bond acceptors (Lipinski definition) is 4. The monoisotopic (exact) mass is 294 g/mol. The second-order valence-electron chi connectivity index (χ2n) is 4.96. The minimum atomic E-state index is -1.07. The van der Waals surface area contributed by atoms with Gasteiger partial charge in [-0.05, 0) is 5.56 Å². The fraction of sp³-hybridized carbons (Fsp3) is 0.429. The Morgan fingerprint density at radius 2 is 2.00 bits per heavy atom. The summed E-state index contributed by atoms with van der Waals surface area (Å²) in [6.07, 6.45) is -2.42. The van der Waals surface area contributed by atoms with Gasteiger partial charge in [-0.1, -0.05) is 30.3 Å². The standard InChI is InChI=1S/C14H18N2O5/c17-12-8-16(14(19)20)7-11(12)6-15-13(18)21-9-10-4-2-1-3-5-10/h1-5,11-12,17H,6-9H2,(H,15,18)(H,19,20). The maximum atomic E-state index is 11.6. The van der Waals surface area contributed by atoms with E-state index in [1.807, 2.05) is 30.3 Å². The van der Waals surface area contributed by atoms with Gasteiger partial charge in [0, 0.05) is 19.0 Å². The number of carboxylic acid groups (broad SMARTS) is 1. The molecule has 21 heavy (non-hydrogen) atoms. The Labute approximate surface area is 122 Å². The second-order valence-corrected chi connectivity index (χ2v) is 4.96. The van der Waals surface area contributed by atoms with Crippen molar-refractivity contribution in [2.24, 2.45) is 5.92 Å². The van der Waals surface area contributed by atoms with Crippen molar-refractivity contribution in [3.8, 4) is 0 Å². The van der Waals surface area contributed by atoms with Crippen LogP contribution < -0.4 is 5.32 Å². The molecule has 1 heterocycles. The summed E-state index contributed by atoms with van der Waals surface area (Å²) in [5.41, 5.74) is 0.880. The third-order valence-electron chi connectivity index (χ3n) is 3.40. The van der Waals surface area contributed by atoms with Crippen LogP contribution in [-0.2, 0) is 11.3 Å². The molecule has 1 aromatic rings. The van der Waals surface area contributed by atoms with Crippen molar-refractivity contribution in [1.29, 1.82) is 0 Å². The molecule has 0 saturated carbocycles. The van der Waals surface area contributed by atoms with Crippen LogP contribution in [0.4, 0.5) is 9.59 Å². The van der Waals surface area contributed by atoms with E-state index in [1.165, 1.54) is 0 Å². The topological polar surface area (TPSA) is 99.1 Å². The van der Waals surface area contributed by atoms with Gasteiger partial charge in [0.1, 0.15) is 6.61 Å². The first kappa shape index (κ1) is 15.1. The van der Waals surface area contributed by atoms with Crippen molar-refractivity contribution in [2.45, 2.75) is 12.7 Å². The molecule has 7 nitrogen and oxygen atoms in total. The highest BCUT2D eigenvalue weighted by atomic mass is 16.5. The highest BCUT2D eigenvalue weighted by Gasteiger charge is 2.34. The summed E-state index contributed by atoms with van der Waals surface area (Å²) in [5, 5.41) is 21.1. The third kappa shape index (κ3) is 4.35. The summed E-state index contributed by atoms with van der Waals surface area (Å²) < 4.78 is 5.04. The number of β-amino-alcohol motifs (C(OH)–C–C–N with tert-alkyl or cyclic N) is 1. The van der Waals surface area contributed by atoms with Gasteiger partial charge in [-0.15, -0.1) is 0 Å². The Bertz CT molecular complexity index is 493. The van der Waals surface area contributed by atoms with Crippen LogP contribution in [0.15, 0.2) is 30.3 Å². The van der Waals surface area contributed by atoms with Gasteiger partial charge < -0.3 is 25.2 Å². The quantitative estimate of drug-likeness (QED) is 0.765. The summed E-state index contributed by atoms with van der Waals surface area (Å²) >= 11 is 0. The second kappa shape index (κ2) is 6.94. The molecular formula is C14H18N2O5. The molecule has 0 radical (unpaired) electrons. The molecule has 2 rings (SSSR count). The average molecular weight is 294 g/mol. The van der Waals surface area contributed by atoms with Gasteiger partial charge in [0.25, 0.3) is 0 Å². The molecule has 2 amide bonds. The average Bonchev–Trinajstić information content (AvgIpc) is 2.85. The molecule has 0 aromatic heterocycles. The summed E-state index contributed by atoms with van der Waals surface area (Å²) in [7, 11) is 0. The number of benzene rings is 1. The Morgan fingerprint density at radius 3 is 2.62 bits per heavy atom. The lowest BCUT2D eigenvalue weighted by atomic mass is 10.1. The number of aliphatic hydroxyl groups is 1. The van der Waals surface area contributed by atoms with Gasteiger partial charge >= 0.3 is 12.2 Å². The van der Waals surface area contributed by atoms with E-state index in [1.54, 1.807) is 0 Å². The van der Waals surface area contributed by atoms with Gasteiger partial charge in [0.05, 0.1) is 12.6 Å². The van der Waals surface area contributed by atoms with Crippen molar-refractivity contribution in [2.75, 3.05) is 19.6 Å². The number of carbonyl (C=O) groups excluding carboxylic acids is 1. The van der Waals surface area contributed by atoms with Crippen molar-refractivity contribution < 1.29 is 24.5 Å². The van der Waals surface area contributed by atoms with E-state index in [4.69, 9.17) is 9.84 Å². The molecule has 7 heteroatoms. The zero-order valence-electron chi connectivity index (χ0n) is 11.4. The normalized spacial score (nSPS) is 21.1. The number of hydrogen-bond donors (Lipinski definition) is 3. The van der Waals surface area contributed by atoms with E-state index in [9.17, 15) is 14.7 Å². The van der Waals surface area contributed by atoms with Gasteiger partial charge in [0.15, 0.2) is 0 Å². The molecule has 0 spiro atoms. The first-order chi connectivity index (χ1) is 10.1. The Kier molecular flexibility index (Phi) is 4.99. The van der Waals surface area contributed by atoms with Gasteiger partial charge in [-0.3, -0.25) is 0 Å². The molecule has 114 valence electrons. The SMILES string of the molecule is O=C(NCC1CN(C(=O)O)CC1O)OCc1ccccc1. The van der Waals surface area contributed by atoms with Gasteiger partial charge in [-0.25, -0.2) is 9.59 Å². The van der Waals surface area contributed by atoms with Crippen molar-refractivity contribution >= 4 is 12.2 Å². The fourth-order valence-electron chi connectivity index (χ4n) is 2.20. The zero-order valence-corrected chi connectivity index (χ0v) is 11.4. The molecule has 2 unspecified atom stereocenters. The summed E-state index contributed by atoms with van der Waals surface area (Å²) in [5.74, 6) is -0.314. The number of nitrogens with one attached hydrogen (secondary N) is 1. The summed E-state index contributed by atoms with van der Waals surface area (Å²) in [6.45, 7) is 0.621. The van der Waals surface area contributed by atoms with Crippen LogP contribution >= 0.6 is 0 Å². The number of aliphatic hydroxyl groups excluding tert-OH is 1. The van der Waals surface area contributed by atoms with Gasteiger partial charge in [0.2, 0.25) is 0 Å². The van der Waals surface area contributed by atoms with E-state index in [0.29, 0.717) is 0 Å². The number of likely N-dealkylation sites (tertiary alicyclic amines) is 1. The van der Waals surface area contributed by atoms with Crippen molar-refractivity contribution in [3.05, 3.63) is 35.9 Å². The number of amides is 2. The van der Waals surface area contributed by atoms with Crippen LogP contribution in [0.2, 0.25) is 0 Å². The number of rotatable bonds is 4. The maximum Gasteiger partial charge on any atom is 0.407 e. The smallest absolute Gasteiger partial charge is 0.407 e. The highest BCUT2D eigenvalue weighted by Crippen LogP contribution is 2.16. The minimum Gasteiger partial charge on any atom is -0.465 e. The van der Waals surface area contributed by atoms with E-state index in [2.05, 4.69) is 5.32 Å². The van der Waals surface area contributed by atoms with Crippen LogP contribution in [-0.4, -0.2) is 53.0 Å². The zero-order chi connectivity index (χ0) is 15.2. The van der Waals surface area contributed by atoms with E-state index >= 15 is 0 Å². The molecule has 0 aliphatic carbocycles. The molecule has 1 aliphatic heterocycles. The van der Waals surface area contributed by atoms with Crippen LogP contribution in [0.1, 0.15) is 5.56 Å². The number of nitrogens with zero attached hydrogens (tertiary/aromatic N) is 1. The Balaban J connectivity index is 1.71. The minimum absolute atomic E-state index is 0.0702. The van der Waals surface area contributed by atoms with Crippen molar-refractivity contribution in [3.63, 3.8) is 0 Å². The molecule has 1 aliphatic rings. The molecule has 1 fully saturated rings. The lowest BCUT2D eigenvalue weighted by Gasteiger charge is -2.14. The van der Waals surface area contributed by atoms with E-state index < -0.39 is 18.3 Å². The van der Waals surface area contributed by atoms with Crippen LogP contribution in [0, 0.1) is 5.92 Å². The summed E-state index contributed by atoms with van der Waals surface area (Å²) in [6, 6.07) is 9.27. The Morgan fingerprint density at radius 1 is 1.29 bits per heavy atom. The number of alkyl carbamates (subject to hydrolysis) is 1. The predicted molar refractivity (Wildman–Crippen MR) is 73.7 cm³/mol. The lowest BCUT2D eigenvalue weighted by Crippen LogP contribution is -2.34. The fourth-order valence-corrected chi connectivity index (χ4v) is 2.20. The van der Waals surface area contributed by atoms with Crippen LogP contribution in [0.3, 0.4) is 0 Å². The maximum absolute atomic E-state index is 11.6. The third-order valence-corrected chi connectivity index (χ3v) is 3.40. The molecular weight excluding hydrogens is 276 g/mol. The van der Waals surface area contributed by atoms with E-state index in [0.717, 1.165) is 10.5 Å². The number of ether oxygens (including phenoxy) is 1. The summed E-state index contributed by atoms with van der Waals surface area (Å²) in [4.78, 5) is 23.5. The Hall–Kier alpha value is -2.28. The van der Waals surface area contributed by atoms with Crippen LogP contribution in [0.5, 0.6) is 0 Å². The first-order valence-corrected chi connectivity index (χ1v) is 6.66. The predicted octanol–water partition coefficient (Wildman–Crippen LogP) is 0.883. The molecule has 0 bridgehead atoms. The van der Waals surface area contributed by atoms with E-state index in [-0.39, 0.29) is 32.2 Å². The molecule has 1 aromatic carbocycles. The largest absolute Gasteiger partial charge is 0.465 e. The first-order valence-electron chi connectivity index (χ1n) is 6.66. The lowest BCUT2D eigenvalue weighted by molar-refractivity contribution is 0.122. The molecule has 3 N–H and O–H groups in total. The van der Waals surface area contributed by atoms with Gasteiger partial charge in [-0.2, -0.15) is 0 Å². The number of carbonyl (C=O) groups is 2. The van der Waals surface area contributed by atoms with Crippen LogP contribution in [0.25, 0.3) is 0 Å². The van der Waals surface area contributed by atoms with Crippen molar-refractivity contribution in [1.82, 2.24) is 10.2 Å². The molecule has 1 saturated heterocycles.